The van der Waals surface area contributed by atoms with Gasteiger partial charge in [-0.1, -0.05) is 35.8 Å². The number of sulfonamides is 1. The summed E-state index contributed by atoms with van der Waals surface area (Å²) in [5.74, 6) is 0.492. The van der Waals surface area contributed by atoms with E-state index in [2.05, 4.69) is 10.1 Å². The summed E-state index contributed by atoms with van der Waals surface area (Å²) < 4.78 is 30.7. The zero-order valence-electron chi connectivity index (χ0n) is 14.2. The van der Waals surface area contributed by atoms with Crippen LogP contribution in [0.4, 0.5) is 6.01 Å². The number of nitrogens with zero attached hydrogens (tertiary/aromatic N) is 4. The van der Waals surface area contributed by atoms with Crippen molar-refractivity contribution in [1.29, 1.82) is 0 Å². The summed E-state index contributed by atoms with van der Waals surface area (Å²) in [5.41, 5.74) is 0.798. The van der Waals surface area contributed by atoms with Gasteiger partial charge in [0, 0.05) is 36.3 Å². The van der Waals surface area contributed by atoms with Gasteiger partial charge in [0.2, 0.25) is 15.8 Å². The van der Waals surface area contributed by atoms with Crippen LogP contribution in [0.2, 0.25) is 5.02 Å². The highest BCUT2D eigenvalue weighted by Gasteiger charge is 2.30. The Morgan fingerprint density at radius 2 is 2.08 bits per heavy atom. The molecule has 0 saturated carbocycles. The van der Waals surface area contributed by atoms with Gasteiger partial charge in [0.25, 0.3) is 0 Å². The molecule has 0 atom stereocenters. The molecule has 0 N–H and O–H groups in total. The Hall–Kier alpha value is -1.64. The van der Waals surface area contributed by atoms with E-state index in [9.17, 15) is 8.42 Å². The van der Waals surface area contributed by atoms with Crippen molar-refractivity contribution in [2.45, 2.75) is 25.8 Å². The van der Waals surface area contributed by atoms with Gasteiger partial charge >= 0.3 is 6.01 Å². The zero-order chi connectivity index (χ0) is 18.0. The van der Waals surface area contributed by atoms with Crippen LogP contribution in [0.15, 0.2) is 28.8 Å². The third-order valence-corrected chi connectivity index (χ3v) is 6.02. The van der Waals surface area contributed by atoms with Gasteiger partial charge in [-0.3, -0.25) is 0 Å². The van der Waals surface area contributed by atoms with E-state index >= 15 is 0 Å². The summed E-state index contributed by atoms with van der Waals surface area (Å²) in [6.45, 7) is 3.70. The quantitative estimate of drug-likeness (QED) is 0.788. The van der Waals surface area contributed by atoms with Crippen molar-refractivity contribution in [3.05, 3.63) is 29.3 Å². The number of hydrogen-bond acceptors (Lipinski definition) is 6. The van der Waals surface area contributed by atoms with E-state index in [1.807, 2.05) is 24.0 Å². The van der Waals surface area contributed by atoms with E-state index in [1.165, 1.54) is 6.26 Å². The molecule has 0 aliphatic carbocycles. The molecule has 2 heterocycles. The van der Waals surface area contributed by atoms with E-state index in [1.54, 1.807) is 16.4 Å². The normalized spacial score (nSPS) is 16.6. The van der Waals surface area contributed by atoms with Gasteiger partial charge in [0.15, 0.2) is 0 Å². The van der Waals surface area contributed by atoms with Gasteiger partial charge in [0.1, 0.15) is 0 Å². The monoisotopic (exact) mass is 384 g/mol. The lowest BCUT2D eigenvalue weighted by Crippen LogP contribution is -2.47. The summed E-state index contributed by atoms with van der Waals surface area (Å²) in [6.07, 6.45) is 2.73. The summed E-state index contributed by atoms with van der Waals surface area (Å²) >= 11 is 6.00. The van der Waals surface area contributed by atoms with Crippen LogP contribution in [-0.4, -0.2) is 54.8 Å². The fraction of sp³-hybridized carbons (Fsp3) is 0.500. The average molecular weight is 385 g/mol. The number of rotatable bonds is 5. The highest BCUT2D eigenvalue weighted by atomic mass is 35.5. The summed E-state index contributed by atoms with van der Waals surface area (Å²) in [6, 6.07) is 7.76. The summed E-state index contributed by atoms with van der Waals surface area (Å²) in [4.78, 5) is 6.44. The van der Waals surface area contributed by atoms with E-state index in [4.69, 9.17) is 16.1 Å². The molecule has 1 fully saturated rings. The first-order valence-electron chi connectivity index (χ1n) is 8.20. The molecule has 136 valence electrons. The number of hydrogen-bond donors (Lipinski definition) is 0. The zero-order valence-corrected chi connectivity index (χ0v) is 15.8. The molecule has 7 nitrogen and oxygen atoms in total. The third-order valence-electron chi connectivity index (χ3n) is 4.38. The standard InChI is InChI=1S/C16H21ClN4O3S/c1-3-21(25(2,22)23)14-7-9-20(10-8-14)16-18-15(19-24-16)12-5-4-6-13(17)11-12/h4-6,11,14H,3,7-10H2,1-2H3. The largest absolute Gasteiger partial charge is 0.324 e. The number of anilines is 1. The van der Waals surface area contributed by atoms with E-state index < -0.39 is 10.0 Å². The van der Waals surface area contributed by atoms with Gasteiger partial charge in [0.05, 0.1) is 6.26 Å². The Bertz CT molecular complexity index is 831. The van der Waals surface area contributed by atoms with Crippen LogP contribution in [-0.2, 0) is 10.0 Å². The van der Waals surface area contributed by atoms with Gasteiger partial charge in [-0.05, 0) is 25.0 Å². The predicted molar refractivity (Wildman–Crippen MR) is 97.2 cm³/mol. The molecule has 2 aromatic rings. The van der Waals surface area contributed by atoms with Gasteiger partial charge in [-0.2, -0.15) is 9.29 Å². The molecule has 0 amide bonds. The van der Waals surface area contributed by atoms with Crippen LogP contribution in [0.5, 0.6) is 0 Å². The first-order valence-corrected chi connectivity index (χ1v) is 10.4. The number of halogens is 1. The molecule has 9 heteroatoms. The Kier molecular flexibility index (Phi) is 5.31. The molecule has 0 unspecified atom stereocenters. The molecular weight excluding hydrogens is 364 g/mol. The second-order valence-corrected chi connectivity index (χ2v) is 8.47. The Morgan fingerprint density at radius 3 is 2.68 bits per heavy atom. The van der Waals surface area contributed by atoms with Crippen LogP contribution >= 0.6 is 11.6 Å². The Balaban J connectivity index is 1.68. The summed E-state index contributed by atoms with van der Waals surface area (Å²) in [7, 11) is -3.18. The van der Waals surface area contributed by atoms with Crippen LogP contribution in [0, 0.1) is 0 Å². The van der Waals surface area contributed by atoms with E-state index in [0.717, 1.165) is 18.4 Å². The lowest BCUT2D eigenvalue weighted by Gasteiger charge is -2.35. The molecule has 1 aromatic heterocycles. The van der Waals surface area contributed by atoms with Crippen LogP contribution < -0.4 is 4.90 Å². The highest BCUT2D eigenvalue weighted by molar-refractivity contribution is 7.88. The smallest absolute Gasteiger partial charge is 0.324 e. The molecule has 0 radical (unpaired) electrons. The van der Waals surface area contributed by atoms with Crippen molar-refractivity contribution >= 4 is 27.6 Å². The van der Waals surface area contributed by atoms with Gasteiger partial charge in [-0.15, -0.1) is 0 Å². The van der Waals surface area contributed by atoms with Crippen molar-refractivity contribution < 1.29 is 12.9 Å². The first kappa shape index (κ1) is 18.2. The topological polar surface area (TPSA) is 79.5 Å². The molecule has 1 aliphatic heterocycles. The van der Waals surface area contributed by atoms with E-state index in [0.29, 0.717) is 36.5 Å². The lowest BCUT2D eigenvalue weighted by atomic mass is 10.1. The molecular formula is C16H21ClN4O3S. The van der Waals surface area contributed by atoms with Gasteiger partial charge in [-0.25, -0.2) is 8.42 Å². The summed E-state index contributed by atoms with van der Waals surface area (Å²) in [5, 5.41) is 4.64. The van der Waals surface area contributed by atoms with Crippen molar-refractivity contribution in [3.63, 3.8) is 0 Å². The number of piperidine rings is 1. The van der Waals surface area contributed by atoms with Crippen molar-refractivity contribution in [3.8, 4) is 11.4 Å². The van der Waals surface area contributed by atoms with Crippen molar-refractivity contribution in [1.82, 2.24) is 14.4 Å². The van der Waals surface area contributed by atoms with Crippen LogP contribution in [0.25, 0.3) is 11.4 Å². The first-order chi connectivity index (χ1) is 11.9. The molecule has 25 heavy (non-hydrogen) atoms. The van der Waals surface area contributed by atoms with Gasteiger partial charge < -0.3 is 9.42 Å². The third kappa shape index (κ3) is 4.13. The number of benzene rings is 1. The lowest BCUT2D eigenvalue weighted by molar-refractivity contribution is 0.278. The molecule has 0 spiro atoms. The maximum atomic E-state index is 11.9. The molecule has 0 bridgehead atoms. The Labute approximate surface area is 152 Å². The maximum absolute atomic E-state index is 11.9. The van der Waals surface area contributed by atoms with Crippen LogP contribution in [0.3, 0.4) is 0 Å². The van der Waals surface area contributed by atoms with E-state index in [-0.39, 0.29) is 6.04 Å². The minimum Gasteiger partial charge on any atom is -0.324 e. The molecule has 1 aliphatic rings. The average Bonchev–Trinajstić information content (AvgIpc) is 3.05. The molecule has 1 saturated heterocycles. The second kappa shape index (κ2) is 7.31. The minimum atomic E-state index is -3.18. The number of aromatic nitrogens is 2. The van der Waals surface area contributed by atoms with Crippen molar-refractivity contribution in [2.75, 3.05) is 30.8 Å². The SMILES string of the molecule is CCN(C1CCN(c2nc(-c3cccc(Cl)c3)no2)CC1)S(C)(=O)=O. The minimum absolute atomic E-state index is 0.0200. The highest BCUT2D eigenvalue weighted by Crippen LogP contribution is 2.26. The fourth-order valence-electron chi connectivity index (χ4n) is 3.20. The van der Waals surface area contributed by atoms with Crippen LogP contribution in [0.1, 0.15) is 19.8 Å². The predicted octanol–water partition coefficient (Wildman–Crippen LogP) is 2.64. The second-order valence-electron chi connectivity index (χ2n) is 6.10. The van der Waals surface area contributed by atoms with Crippen molar-refractivity contribution in [2.24, 2.45) is 0 Å². The molecule has 1 aromatic carbocycles. The maximum Gasteiger partial charge on any atom is 0.324 e. The Morgan fingerprint density at radius 1 is 1.36 bits per heavy atom. The fourth-order valence-corrected chi connectivity index (χ4v) is 4.61. The molecule has 3 rings (SSSR count).